The smallest absolute Gasteiger partial charge is 0.0601 e. The molecular formula is C14H29NO. The molecule has 1 saturated carbocycles. The molecule has 2 heteroatoms. The summed E-state index contributed by atoms with van der Waals surface area (Å²) in [5.41, 5.74) is 0. The average molecular weight is 227 g/mol. The fourth-order valence-electron chi connectivity index (χ4n) is 2.31. The number of hydrogen-bond donors (Lipinski definition) is 1. The monoisotopic (exact) mass is 227 g/mol. The lowest BCUT2D eigenvalue weighted by molar-refractivity contribution is -0.00329. The molecule has 0 aromatic carbocycles. The summed E-state index contributed by atoms with van der Waals surface area (Å²) >= 11 is 0. The molecular weight excluding hydrogens is 198 g/mol. The standard InChI is InChI=1S/C14H29NO/c1-4-12(2)11-15-9-10-16-14-8-6-5-7-13(14)3/h12-15H,4-11H2,1-3H3. The van der Waals surface area contributed by atoms with Gasteiger partial charge in [0.2, 0.25) is 0 Å². The Morgan fingerprint density at radius 1 is 1.31 bits per heavy atom. The lowest BCUT2D eigenvalue weighted by atomic mass is 9.88. The summed E-state index contributed by atoms with van der Waals surface area (Å²) in [7, 11) is 0. The highest BCUT2D eigenvalue weighted by molar-refractivity contribution is 4.72. The quantitative estimate of drug-likeness (QED) is 0.674. The van der Waals surface area contributed by atoms with Gasteiger partial charge in [0.05, 0.1) is 12.7 Å². The fourth-order valence-corrected chi connectivity index (χ4v) is 2.31. The zero-order valence-corrected chi connectivity index (χ0v) is 11.3. The lowest BCUT2D eigenvalue weighted by Crippen LogP contribution is -2.30. The van der Waals surface area contributed by atoms with Crippen LogP contribution in [0.1, 0.15) is 52.9 Å². The molecule has 0 radical (unpaired) electrons. The zero-order valence-electron chi connectivity index (χ0n) is 11.3. The third kappa shape index (κ3) is 5.31. The lowest BCUT2D eigenvalue weighted by Gasteiger charge is -2.28. The van der Waals surface area contributed by atoms with E-state index in [4.69, 9.17) is 4.74 Å². The summed E-state index contributed by atoms with van der Waals surface area (Å²) in [5.74, 6) is 1.55. The van der Waals surface area contributed by atoms with Crippen LogP contribution in [-0.4, -0.2) is 25.8 Å². The molecule has 1 aliphatic carbocycles. The Kier molecular flexibility index (Phi) is 7.06. The second kappa shape index (κ2) is 8.08. The summed E-state index contributed by atoms with van der Waals surface area (Å²) in [6, 6.07) is 0. The Bertz CT molecular complexity index is 172. The second-order valence-electron chi connectivity index (χ2n) is 5.39. The maximum Gasteiger partial charge on any atom is 0.0601 e. The van der Waals surface area contributed by atoms with Crippen molar-refractivity contribution in [3.05, 3.63) is 0 Å². The SMILES string of the molecule is CCC(C)CNCCOC1CCCCC1C. The molecule has 3 atom stereocenters. The number of hydrogen-bond acceptors (Lipinski definition) is 2. The van der Waals surface area contributed by atoms with E-state index in [-0.39, 0.29) is 0 Å². The van der Waals surface area contributed by atoms with Crippen LogP contribution in [0.25, 0.3) is 0 Å². The van der Waals surface area contributed by atoms with Gasteiger partial charge in [0.25, 0.3) is 0 Å². The summed E-state index contributed by atoms with van der Waals surface area (Å²) in [4.78, 5) is 0. The van der Waals surface area contributed by atoms with Crippen molar-refractivity contribution in [2.75, 3.05) is 19.7 Å². The Labute approximate surface area is 101 Å². The van der Waals surface area contributed by atoms with Crippen molar-refractivity contribution in [2.45, 2.75) is 59.0 Å². The van der Waals surface area contributed by atoms with Crippen molar-refractivity contribution in [2.24, 2.45) is 11.8 Å². The summed E-state index contributed by atoms with van der Waals surface area (Å²) in [6.45, 7) is 9.87. The predicted octanol–water partition coefficient (Wildman–Crippen LogP) is 3.22. The highest BCUT2D eigenvalue weighted by atomic mass is 16.5. The van der Waals surface area contributed by atoms with E-state index in [1.54, 1.807) is 0 Å². The number of ether oxygens (including phenoxy) is 1. The van der Waals surface area contributed by atoms with Gasteiger partial charge in [0.1, 0.15) is 0 Å². The normalized spacial score (nSPS) is 27.9. The van der Waals surface area contributed by atoms with Gasteiger partial charge < -0.3 is 10.1 Å². The van der Waals surface area contributed by atoms with E-state index in [2.05, 4.69) is 26.1 Å². The molecule has 0 aromatic rings. The van der Waals surface area contributed by atoms with Crippen LogP contribution in [-0.2, 0) is 4.74 Å². The van der Waals surface area contributed by atoms with Crippen molar-refractivity contribution >= 4 is 0 Å². The number of nitrogens with one attached hydrogen (secondary N) is 1. The van der Waals surface area contributed by atoms with E-state index < -0.39 is 0 Å². The van der Waals surface area contributed by atoms with Crippen molar-refractivity contribution in [1.29, 1.82) is 0 Å². The van der Waals surface area contributed by atoms with Crippen molar-refractivity contribution in [1.82, 2.24) is 5.32 Å². The van der Waals surface area contributed by atoms with Crippen molar-refractivity contribution in [3.63, 3.8) is 0 Å². The Morgan fingerprint density at radius 3 is 2.75 bits per heavy atom. The van der Waals surface area contributed by atoms with Crippen molar-refractivity contribution < 1.29 is 4.74 Å². The van der Waals surface area contributed by atoms with Gasteiger partial charge in [-0.2, -0.15) is 0 Å². The number of rotatable bonds is 7. The second-order valence-corrected chi connectivity index (χ2v) is 5.39. The molecule has 1 N–H and O–H groups in total. The summed E-state index contributed by atoms with van der Waals surface area (Å²) < 4.78 is 5.95. The highest BCUT2D eigenvalue weighted by Crippen LogP contribution is 2.25. The first-order valence-electron chi connectivity index (χ1n) is 7.06. The van der Waals surface area contributed by atoms with Gasteiger partial charge in [-0.15, -0.1) is 0 Å². The predicted molar refractivity (Wildman–Crippen MR) is 69.7 cm³/mol. The average Bonchev–Trinajstić information content (AvgIpc) is 2.30. The summed E-state index contributed by atoms with van der Waals surface area (Å²) in [5, 5.41) is 3.47. The Balaban J connectivity index is 1.97. The molecule has 96 valence electrons. The van der Waals surface area contributed by atoms with Crippen LogP contribution < -0.4 is 5.32 Å². The molecule has 1 aliphatic rings. The van der Waals surface area contributed by atoms with Crippen LogP contribution in [0.15, 0.2) is 0 Å². The van der Waals surface area contributed by atoms with Crippen LogP contribution in [0, 0.1) is 11.8 Å². The minimum Gasteiger partial charge on any atom is -0.377 e. The summed E-state index contributed by atoms with van der Waals surface area (Å²) in [6.07, 6.45) is 7.16. The van der Waals surface area contributed by atoms with Gasteiger partial charge in [-0.3, -0.25) is 0 Å². The minimum atomic E-state index is 0.527. The molecule has 0 aromatic heterocycles. The van der Waals surface area contributed by atoms with Gasteiger partial charge in [-0.1, -0.05) is 40.0 Å². The topological polar surface area (TPSA) is 21.3 Å². The van der Waals surface area contributed by atoms with Crippen LogP contribution in [0.4, 0.5) is 0 Å². The van der Waals surface area contributed by atoms with Crippen LogP contribution in [0.2, 0.25) is 0 Å². The van der Waals surface area contributed by atoms with Gasteiger partial charge in [-0.05, 0) is 31.2 Å². The fraction of sp³-hybridized carbons (Fsp3) is 1.00. The maximum atomic E-state index is 5.95. The molecule has 0 saturated heterocycles. The van der Waals surface area contributed by atoms with E-state index in [0.717, 1.165) is 31.5 Å². The Hall–Kier alpha value is -0.0800. The van der Waals surface area contributed by atoms with Gasteiger partial charge in [0.15, 0.2) is 0 Å². The molecule has 1 fully saturated rings. The first-order chi connectivity index (χ1) is 7.74. The first-order valence-corrected chi connectivity index (χ1v) is 7.06. The molecule has 2 nitrogen and oxygen atoms in total. The van der Waals surface area contributed by atoms with E-state index in [1.165, 1.54) is 32.1 Å². The van der Waals surface area contributed by atoms with Gasteiger partial charge >= 0.3 is 0 Å². The molecule has 0 heterocycles. The van der Waals surface area contributed by atoms with Crippen molar-refractivity contribution in [3.8, 4) is 0 Å². The maximum absolute atomic E-state index is 5.95. The van der Waals surface area contributed by atoms with Gasteiger partial charge in [0, 0.05) is 6.54 Å². The Morgan fingerprint density at radius 2 is 2.06 bits per heavy atom. The third-order valence-corrected chi connectivity index (χ3v) is 3.83. The van der Waals surface area contributed by atoms with E-state index in [0.29, 0.717) is 6.10 Å². The first kappa shape index (κ1) is 14.0. The largest absolute Gasteiger partial charge is 0.377 e. The molecule has 3 unspecified atom stereocenters. The molecule has 16 heavy (non-hydrogen) atoms. The van der Waals surface area contributed by atoms with Gasteiger partial charge in [-0.25, -0.2) is 0 Å². The molecule has 0 spiro atoms. The third-order valence-electron chi connectivity index (χ3n) is 3.83. The molecule has 0 amide bonds. The zero-order chi connectivity index (χ0) is 11.8. The minimum absolute atomic E-state index is 0.527. The molecule has 0 aliphatic heterocycles. The van der Waals surface area contributed by atoms with Crippen LogP contribution >= 0.6 is 0 Å². The molecule has 1 rings (SSSR count). The van der Waals surface area contributed by atoms with E-state index in [1.807, 2.05) is 0 Å². The highest BCUT2D eigenvalue weighted by Gasteiger charge is 2.21. The van der Waals surface area contributed by atoms with Crippen LogP contribution in [0.3, 0.4) is 0 Å². The van der Waals surface area contributed by atoms with E-state index in [9.17, 15) is 0 Å². The van der Waals surface area contributed by atoms with Crippen LogP contribution in [0.5, 0.6) is 0 Å². The molecule has 0 bridgehead atoms. The van der Waals surface area contributed by atoms with E-state index >= 15 is 0 Å².